The van der Waals surface area contributed by atoms with E-state index in [1.807, 2.05) is 87.5 Å². The highest BCUT2D eigenvalue weighted by Gasteiger charge is 2.43. The van der Waals surface area contributed by atoms with Gasteiger partial charge >= 0.3 is 0 Å². The lowest BCUT2D eigenvalue weighted by Gasteiger charge is -2.23. The molecule has 4 rings (SSSR count). The maximum atomic E-state index is 11.5. The molecule has 9 nitrogen and oxygen atoms in total. The first kappa shape index (κ1) is 37.4. The van der Waals surface area contributed by atoms with Crippen molar-refractivity contribution in [2.75, 3.05) is 38.6 Å². The topological polar surface area (TPSA) is 109 Å². The van der Waals surface area contributed by atoms with Crippen LogP contribution in [-0.4, -0.2) is 57.0 Å². The van der Waals surface area contributed by atoms with Gasteiger partial charge in [0.1, 0.15) is 17.2 Å². The van der Waals surface area contributed by atoms with Gasteiger partial charge in [0.2, 0.25) is 5.69 Å². The summed E-state index contributed by atoms with van der Waals surface area (Å²) >= 11 is 0.882. The van der Waals surface area contributed by atoms with Crippen molar-refractivity contribution in [2.45, 2.75) is 69.1 Å². The average Bonchev–Trinajstić information content (AvgIpc) is 3.33. The molecule has 0 unspecified atom stereocenters. The molecule has 0 fully saturated rings. The van der Waals surface area contributed by atoms with Crippen LogP contribution in [0.5, 0.6) is 0 Å². The molecule has 0 spiro atoms. The van der Waals surface area contributed by atoms with E-state index in [0.717, 1.165) is 50.8 Å². The van der Waals surface area contributed by atoms with Crippen molar-refractivity contribution in [1.29, 1.82) is 0 Å². The first-order valence-electron chi connectivity index (χ1n) is 15.4. The predicted octanol–water partition coefficient (Wildman–Crippen LogP) is 4.74. The molecule has 0 atom stereocenters. The van der Waals surface area contributed by atoms with Gasteiger partial charge in [-0.05, 0) is 76.6 Å². The van der Waals surface area contributed by atoms with Gasteiger partial charge in [0.05, 0.1) is 42.0 Å². The molecule has 2 heterocycles. The van der Waals surface area contributed by atoms with E-state index in [9.17, 15) is 18.2 Å². The molecule has 2 aliphatic heterocycles. The third-order valence-corrected chi connectivity index (χ3v) is 10.3. The second-order valence-electron chi connectivity index (χ2n) is 12.3. The smallest absolute Gasteiger partial charge is 0.209 e. The zero-order chi connectivity index (χ0) is 34.3. The summed E-state index contributed by atoms with van der Waals surface area (Å²) in [5, 5.41) is 13.6. The zero-order valence-corrected chi connectivity index (χ0v) is 29.9. The minimum atomic E-state index is -4.52. The molecule has 46 heavy (non-hydrogen) atoms. The van der Waals surface area contributed by atoms with E-state index < -0.39 is 15.5 Å². The molecule has 0 aliphatic carbocycles. The molecule has 0 saturated carbocycles. The molecule has 0 radical (unpaired) electrons. The van der Waals surface area contributed by atoms with Gasteiger partial charge in [0.15, 0.2) is 5.71 Å². The molecule has 250 valence electrons. The van der Waals surface area contributed by atoms with Crippen molar-refractivity contribution in [2.24, 2.45) is 0 Å². The van der Waals surface area contributed by atoms with Crippen LogP contribution in [0.25, 0.3) is 0 Å². The third-order valence-electron chi connectivity index (χ3n) is 8.91. The Morgan fingerprint density at radius 3 is 2.13 bits per heavy atom. The minimum Gasteiger partial charge on any atom is -0.744 e. The van der Waals surface area contributed by atoms with E-state index >= 15 is 0 Å². The lowest BCUT2D eigenvalue weighted by Crippen LogP contribution is -3.11. The fraction of sp³-hybridized carbons (Fsp3) is 0.400. The molecule has 0 amide bonds. The van der Waals surface area contributed by atoms with Crippen molar-refractivity contribution in [3.8, 4) is 0 Å². The Hall–Kier alpha value is -3.03. The molecule has 1 N–H and O–H groups in total. The fourth-order valence-electron chi connectivity index (χ4n) is 6.13. The molecular formula is C35H47N3O6S2. The number of benzene rings is 2. The van der Waals surface area contributed by atoms with Crippen LogP contribution in [0.1, 0.15) is 59.6 Å². The first-order chi connectivity index (χ1) is 21.6. The molecule has 2 aromatic carbocycles. The Morgan fingerprint density at radius 1 is 0.913 bits per heavy atom. The normalized spacial score (nSPS) is 17.9. The zero-order valence-electron chi connectivity index (χ0n) is 28.3. The number of hydrogen-bond donors (Lipinski definition) is 1. The number of quaternary nitrogens is 1. The Balaban J connectivity index is 0.000000738. The molecule has 0 bridgehead atoms. The molecular weight excluding hydrogens is 623 g/mol. The number of nitrogens with one attached hydrogen (secondary N) is 1. The predicted molar refractivity (Wildman–Crippen MR) is 182 cm³/mol. The monoisotopic (exact) mass is 669 g/mol. The van der Waals surface area contributed by atoms with Gasteiger partial charge in [0.25, 0.3) is 0 Å². The lowest BCUT2D eigenvalue weighted by atomic mass is 9.81. The van der Waals surface area contributed by atoms with Gasteiger partial charge < -0.3 is 19.6 Å². The number of anilines is 1. The highest BCUT2D eigenvalue weighted by Crippen LogP contribution is 2.47. The average molecular weight is 670 g/mol. The maximum Gasteiger partial charge on any atom is 0.209 e. The Kier molecular flexibility index (Phi) is 12.8. The standard InChI is InChI=1S/C29H32N2O6S2.C6H15N/c1-28(2)22-18-20(38-37-36-32)14-16-24(22)30(5)26(28)12-10-8-7-9-11-13-27-29(3,4)23-19-21(39(33,34)35)15-17-25(23)31(27)6;1-4-7(5-2)6-3/h7-19H,1-6H3,(H-,32,33,34,35);4-6H2,1-3H3. The van der Waals surface area contributed by atoms with E-state index in [1.165, 1.54) is 31.8 Å². The highest BCUT2D eigenvalue weighted by molar-refractivity contribution is 7.94. The van der Waals surface area contributed by atoms with E-state index in [-0.39, 0.29) is 10.3 Å². The van der Waals surface area contributed by atoms with Gasteiger partial charge in [-0.1, -0.05) is 44.2 Å². The lowest BCUT2D eigenvalue weighted by molar-refractivity contribution is -0.894. The number of likely N-dealkylation sites (N-methyl/N-ethyl adjacent to an activating group) is 1. The summed E-state index contributed by atoms with van der Waals surface area (Å²) in [6, 6.07) is 10.4. The van der Waals surface area contributed by atoms with Crippen molar-refractivity contribution >= 4 is 39.2 Å². The first-order valence-corrected chi connectivity index (χ1v) is 17.6. The van der Waals surface area contributed by atoms with Gasteiger partial charge in [0, 0.05) is 46.4 Å². The second kappa shape index (κ2) is 15.7. The van der Waals surface area contributed by atoms with Crippen LogP contribution in [0.4, 0.5) is 11.4 Å². The van der Waals surface area contributed by atoms with Gasteiger partial charge in [-0.25, -0.2) is 8.42 Å². The van der Waals surface area contributed by atoms with Crippen LogP contribution in [-0.2, 0) is 30.3 Å². The summed E-state index contributed by atoms with van der Waals surface area (Å²) in [5.74, 6) is 0. The molecule has 0 saturated heterocycles. The Bertz CT molecular complexity index is 1650. The number of rotatable bonds is 11. The number of fused-ring (bicyclic) bond motifs is 2. The molecule has 0 aromatic heterocycles. The van der Waals surface area contributed by atoms with E-state index in [4.69, 9.17) is 0 Å². The number of hydrogen-bond acceptors (Lipinski definition) is 8. The fourth-order valence-corrected chi connectivity index (χ4v) is 7.02. The van der Waals surface area contributed by atoms with E-state index in [2.05, 4.69) is 54.6 Å². The van der Waals surface area contributed by atoms with Gasteiger partial charge in [-0.3, -0.25) is 5.04 Å². The minimum absolute atomic E-state index is 0.214. The van der Waals surface area contributed by atoms with Crippen molar-refractivity contribution in [3.63, 3.8) is 0 Å². The summed E-state index contributed by atoms with van der Waals surface area (Å²) in [7, 11) is -0.563. The van der Waals surface area contributed by atoms with E-state index in [1.54, 1.807) is 11.0 Å². The highest BCUT2D eigenvalue weighted by atomic mass is 32.2. The second-order valence-corrected chi connectivity index (χ2v) is 14.4. The molecule has 2 aromatic rings. The maximum absolute atomic E-state index is 11.5. The van der Waals surface area contributed by atoms with Crippen LogP contribution >= 0.6 is 12.0 Å². The van der Waals surface area contributed by atoms with Crippen LogP contribution < -0.4 is 15.1 Å². The summed E-state index contributed by atoms with van der Waals surface area (Å²) in [6.07, 6.45) is 13.8. The summed E-state index contributed by atoms with van der Waals surface area (Å²) in [5.41, 5.74) is 5.31. The summed E-state index contributed by atoms with van der Waals surface area (Å²) in [4.78, 5) is 4.26. The number of nitrogens with zero attached hydrogens (tertiary/aromatic N) is 2. The largest absolute Gasteiger partial charge is 0.744 e. The summed E-state index contributed by atoms with van der Waals surface area (Å²) in [6.45, 7) is 18.8. The Morgan fingerprint density at radius 2 is 1.54 bits per heavy atom. The van der Waals surface area contributed by atoms with Crippen LogP contribution in [0.3, 0.4) is 0 Å². The van der Waals surface area contributed by atoms with Gasteiger partial charge in [-0.2, -0.15) is 8.91 Å². The van der Waals surface area contributed by atoms with Crippen LogP contribution in [0.2, 0.25) is 0 Å². The van der Waals surface area contributed by atoms with Crippen molar-refractivity contribution < 1.29 is 37.1 Å². The molecule has 11 heteroatoms. The van der Waals surface area contributed by atoms with Crippen molar-refractivity contribution in [3.05, 3.63) is 95.8 Å². The van der Waals surface area contributed by atoms with Gasteiger partial charge in [-0.15, -0.1) is 0 Å². The SMILES string of the molecule is CC[NH+](CC)CC.CN1C(=CC=CC=CC=CC2=[N+](C)c3ccc(SOO[O-])cc3C2(C)C)C(C)(C)c2cc(S(=O)(=O)[O-])ccc21. The van der Waals surface area contributed by atoms with Crippen molar-refractivity contribution in [1.82, 2.24) is 0 Å². The summed E-state index contributed by atoms with van der Waals surface area (Å²) < 4.78 is 41.2. The van der Waals surface area contributed by atoms with Crippen LogP contribution in [0.15, 0.2) is 94.4 Å². The quantitative estimate of drug-likeness (QED) is 0.0914. The number of allylic oxidation sites excluding steroid dienone is 8. The Labute approximate surface area is 279 Å². The van der Waals surface area contributed by atoms with Crippen LogP contribution in [0, 0.1) is 0 Å². The molecule has 2 aliphatic rings. The van der Waals surface area contributed by atoms with E-state index in [0.29, 0.717) is 0 Å². The third kappa shape index (κ3) is 8.27.